The topological polar surface area (TPSA) is 63.2 Å². The van der Waals surface area contributed by atoms with Crippen LogP contribution in [0.5, 0.6) is 5.75 Å². The summed E-state index contributed by atoms with van der Waals surface area (Å²) in [5, 5.41) is 11.7. The van der Waals surface area contributed by atoms with Crippen molar-refractivity contribution in [3.63, 3.8) is 0 Å². The van der Waals surface area contributed by atoms with E-state index in [1.54, 1.807) is 13.3 Å². The number of ether oxygens (including phenoxy) is 1. The summed E-state index contributed by atoms with van der Waals surface area (Å²) < 4.78 is 5.38. The van der Waals surface area contributed by atoms with Gasteiger partial charge in [0.2, 0.25) is 5.95 Å². The first kappa shape index (κ1) is 16.5. The second-order valence-corrected chi connectivity index (χ2v) is 6.06. The number of benzene rings is 1. The van der Waals surface area contributed by atoms with E-state index < -0.39 is 0 Å². The molecule has 1 aliphatic heterocycles. The molecule has 1 atom stereocenters. The zero-order valence-corrected chi connectivity index (χ0v) is 14.4. The third kappa shape index (κ3) is 3.75. The van der Waals surface area contributed by atoms with Crippen LogP contribution in [0.15, 0.2) is 30.5 Å². The molecule has 0 aliphatic carbocycles. The molecule has 1 aromatic carbocycles. The molecule has 2 heterocycles. The fourth-order valence-electron chi connectivity index (χ4n) is 3.22. The minimum Gasteiger partial charge on any atom is -0.496 e. The lowest BCUT2D eigenvalue weighted by atomic mass is 10.0. The van der Waals surface area contributed by atoms with Gasteiger partial charge in [0.25, 0.3) is 0 Å². The molecule has 0 bridgehead atoms. The standard InChI is InChI=1S/C18H25N5O/c1-3-15-9-6-7-11-23(15)18-21-17(13-20-22-18)19-12-14-8-4-5-10-16(14)24-2/h4-5,8,10,13,15H,3,6-7,9,11-12H2,1-2H3,(H,19,21,22). The molecular formula is C18H25N5O. The van der Waals surface area contributed by atoms with Crippen molar-refractivity contribution in [1.29, 1.82) is 0 Å². The molecule has 0 radical (unpaired) electrons. The van der Waals surface area contributed by atoms with Gasteiger partial charge in [-0.2, -0.15) is 10.1 Å². The smallest absolute Gasteiger partial charge is 0.247 e. The van der Waals surface area contributed by atoms with Crippen LogP contribution < -0.4 is 15.0 Å². The number of nitrogens with one attached hydrogen (secondary N) is 1. The Morgan fingerprint density at radius 2 is 2.17 bits per heavy atom. The molecule has 1 unspecified atom stereocenters. The van der Waals surface area contributed by atoms with Crippen LogP contribution >= 0.6 is 0 Å². The Balaban J connectivity index is 1.71. The Morgan fingerprint density at radius 1 is 1.29 bits per heavy atom. The van der Waals surface area contributed by atoms with E-state index in [4.69, 9.17) is 4.74 Å². The molecule has 1 N–H and O–H groups in total. The number of anilines is 2. The molecule has 24 heavy (non-hydrogen) atoms. The number of para-hydroxylation sites is 1. The summed E-state index contributed by atoms with van der Waals surface area (Å²) in [6, 6.07) is 8.49. The lowest BCUT2D eigenvalue weighted by Crippen LogP contribution is -2.40. The quantitative estimate of drug-likeness (QED) is 0.878. The molecule has 3 rings (SSSR count). The summed E-state index contributed by atoms with van der Waals surface area (Å²) in [5.41, 5.74) is 1.09. The van der Waals surface area contributed by atoms with Gasteiger partial charge in [0.05, 0.1) is 13.3 Å². The van der Waals surface area contributed by atoms with Crippen molar-refractivity contribution in [3.05, 3.63) is 36.0 Å². The first-order valence-electron chi connectivity index (χ1n) is 8.64. The van der Waals surface area contributed by atoms with Gasteiger partial charge in [-0.3, -0.25) is 0 Å². The van der Waals surface area contributed by atoms with Crippen LogP contribution in [0.3, 0.4) is 0 Å². The number of hydrogen-bond acceptors (Lipinski definition) is 6. The zero-order chi connectivity index (χ0) is 16.8. The number of hydrogen-bond donors (Lipinski definition) is 1. The van der Waals surface area contributed by atoms with Gasteiger partial charge in [0.15, 0.2) is 5.82 Å². The molecule has 1 fully saturated rings. The number of nitrogens with zero attached hydrogens (tertiary/aromatic N) is 4. The van der Waals surface area contributed by atoms with Gasteiger partial charge in [-0.25, -0.2) is 0 Å². The Bertz CT molecular complexity index is 663. The van der Waals surface area contributed by atoms with E-state index in [1.807, 2.05) is 24.3 Å². The van der Waals surface area contributed by atoms with Gasteiger partial charge in [-0.1, -0.05) is 25.1 Å². The highest BCUT2D eigenvalue weighted by atomic mass is 16.5. The second kappa shape index (κ2) is 7.95. The van der Waals surface area contributed by atoms with Crippen LogP contribution in [-0.4, -0.2) is 34.9 Å². The number of aromatic nitrogens is 3. The van der Waals surface area contributed by atoms with E-state index in [2.05, 4.69) is 32.3 Å². The maximum Gasteiger partial charge on any atom is 0.247 e. The molecule has 128 valence electrons. The minimum absolute atomic E-state index is 0.519. The summed E-state index contributed by atoms with van der Waals surface area (Å²) in [6.45, 7) is 3.87. The summed E-state index contributed by atoms with van der Waals surface area (Å²) in [7, 11) is 1.68. The van der Waals surface area contributed by atoms with Crippen LogP contribution in [-0.2, 0) is 6.54 Å². The molecule has 1 saturated heterocycles. The Hall–Kier alpha value is -2.37. The predicted octanol–water partition coefficient (Wildman–Crippen LogP) is 3.26. The summed E-state index contributed by atoms with van der Waals surface area (Å²) >= 11 is 0. The lowest BCUT2D eigenvalue weighted by molar-refractivity contribution is 0.410. The highest BCUT2D eigenvalue weighted by Gasteiger charge is 2.23. The van der Waals surface area contributed by atoms with Crippen molar-refractivity contribution >= 4 is 11.8 Å². The first-order chi connectivity index (χ1) is 11.8. The minimum atomic E-state index is 0.519. The molecule has 1 aromatic heterocycles. The van der Waals surface area contributed by atoms with E-state index in [0.29, 0.717) is 12.6 Å². The largest absolute Gasteiger partial charge is 0.496 e. The number of methoxy groups -OCH3 is 1. The average molecular weight is 327 g/mol. The van der Waals surface area contributed by atoms with Crippen molar-refractivity contribution < 1.29 is 4.74 Å². The molecule has 0 amide bonds. The van der Waals surface area contributed by atoms with Crippen molar-refractivity contribution in [2.75, 3.05) is 23.9 Å². The monoisotopic (exact) mass is 327 g/mol. The number of piperidine rings is 1. The highest BCUT2D eigenvalue weighted by Crippen LogP contribution is 2.24. The van der Waals surface area contributed by atoms with Crippen LogP contribution in [0.2, 0.25) is 0 Å². The van der Waals surface area contributed by atoms with E-state index in [9.17, 15) is 0 Å². The van der Waals surface area contributed by atoms with Gasteiger partial charge in [0, 0.05) is 24.7 Å². The molecule has 1 aliphatic rings. The van der Waals surface area contributed by atoms with E-state index in [1.165, 1.54) is 19.3 Å². The number of rotatable bonds is 6. The third-order valence-corrected chi connectivity index (χ3v) is 4.56. The van der Waals surface area contributed by atoms with E-state index in [0.717, 1.165) is 36.0 Å². The molecule has 0 spiro atoms. The Morgan fingerprint density at radius 3 is 3.00 bits per heavy atom. The second-order valence-electron chi connectivity index (χ2n) is 6.06. The van der Waals surface area contributed by atoms with Gasteiger partial charge in [0.1, 0.15) is 5.75 Å². The predicted molar refractivity (Wildman–Crippen MR) is 95.4 cm³/mol. The lowest BCUT2D eigenvalue weighted by Gasteiger charge is -2.34. The average Bonchev–Trinajstić information content (AvgIpc) is 2.66. The van der Waals surface area contributed by atoms with Crippen molar-refractivity contribution in [2.24, 2.45) is 0 Å². The van der Waals surface area contributed by atoms with Gasteiger partial charge in [-0.15, -0.1) is 5.10 Å². The fourth-order valence-corrected chi connectivity index (χ4v) is 3.22. The molecule has 6 nitrogen and oxygen atoms in total. The zero-order valence-electron chi connectivity index (χ0n) is 14.4. The molecular weight excluding hydrogens is 302 g/mol. The summed E-state index contributed by atoms with van der Waals surface area (Å²) in [6.07, 6.45) is 6.47. The maximum absolute atomic E-state index is 5.38. The molecule has 6 heteroatoms. The van der Waals surface area contributed by atoms with Crippen LogP contribution in [0.25, 0.3) is 0 Å². The van der Waals surface area contributed by atoms with Gasteiger partial charge < -0.3 is 15.0 Å². The Labute approximate surface area is 143 Å². The van der Waals surface area contributed by atoms with E-state index >= 15 is 0 Å². The van der Waals surface area contributed by atoms with Crippen molar-refractivity contribution in [3.8, 4) is 5.75 Å². The van der Waals surface area contributed by atoms with Crippen LogP contribution in [0.4, 0.5) is 11.8 Å². The Kier molecular flexibility index (Phi) is 5.46. The maximum atomic E-state index is 5.38. The highest BCUT2D eigenvalue weighted by molar-refractivity contribution is 5.42. The summed E-state index contributed by atoms with van der Waals surface area (Å²) in [5.74, 6) is 2.34. The third-order valence-electron chi connectivity index (χ3n) is 4.56. The molecule has 2 aromatic rings. The van der Waals surface area contributed by atoms with Gasteiger partial charge >= 0.3 is 0 Å². The van der Waals surface area contributed by atoms with Gasteiger partial charge in [-0.05, 0) is 31.7 Å². The van der Waals surface area contributed by atoms with Crippen molar-refractivity contribution in [2.45, 2.75) is 45.2 Å². The normalized spacial score (nSPS) is 17.6. The fraction of sp³-hybridized carbons (Fsp3) is 0.500. The first-order valence-corrected chi connectivity index (χ1v) is 8.64. The van der Waals surface area contributed by atoms with Crippen molar-refractivity contribution in [1.82, 2.24) is 15.2 Å². The summed E-state index contributed by atoms with van der Waals surface area (Å²) in [4.78, 5) is 6.96. The van der Waals surface area contributed by atoms with E-state index in [-0.39, 0.29) is 0 Å². The van der Waals surface area contributed by atoms with Crippen LogP contribution in [0, 0.1) is 0 Å². The molecule has 0 saturated carbocycles. The SMILES string of the molecule is CCC1CCCCN1c1nncc(NCc2ccccc2OC)n1. The van der Waals surface area contributed by atoms with Crippen LogP contribution in [0.1, 0.15) is 38.2 Å².